The van der Waals surface area contributed by atoms with Gasteiger partial charge in [0.25, 0.3) is 0 Å². The number of fused-ring (bicyclic) bond motifs is 2. The number of nitrogens with zero attached hydrogens (tertiary/aromatic N) is 1. The van der Waals surface area contributed by atoms with Crippen LogP contribution in [0.15, 0.2) is 36.4 Å². The number of carbonyl (C=O) groups excluding carboxylic acids is 1. The van der Waals surface area contributed by atoms with E-state index < -0.39 is 18.3 Å². The summed E-state index contributed by atoms with van der Waals surface area (Å²) >= 11 is 5.97. The molecule has 1 atom stereocenters. The number of rotatable bonds is 4. The van der Waals surface area contributed by atoms with Crippen molar-refractivity contribution >= 4 is 23.2 Å². The summed E-state index contributed by atoms with van der Waals surface area (Å²) in [7, 11) is 1.44. The molecule has 0 bridgehead atoms. The van der Waals surface area contributed by atoms with E-state index in [2.05, 4.69) is 4.74 Å². The Morgan fingerprint density at radius 1 is 1.24 bits per heavy atom. The first-order chi connectivity index (χ1) is 13.6. The van der Waals surface area contributed by atoms with Crippen LogP contribution < -0.4 is 20.1 Å². The van der Waals surface area contributed by atoms with Crippen LogP contribution in [0.2, 0.25) is 5.02 Å². The lowest BCUT2D eigenvalue weighted by Gasteiger charge is -2.23. The van der Waals surface area contributed by atoms with Gasteiger partial charge in [0.05, 0.1) is 12.8 Å². The van der Waals surface area contributed by atoms with E-state index in [-0.39, 0.29) is 11.2 Å². The zero-order valence-corrected chi connectivity index (χ0v) is 16.2. The molecule has 5 nitrogen and oxygen atoms in total. The van der Waals surface area contributed by atoms with Gasteiger partial charge in [-0.3, -0.25) is 4.79 Å². The molecule has 1 unspecified atom stereocenters. The maximum absolute atomic E-state index is 13.2. The van der Waals surface area contributed by atoms with E-state index in [1.807, 2.05) is 0 Å². The van der Waals surface area contributed by atoms with Crippen LogP contribution in [0.5, 0.6) is 11.5 Å². The number of hydrogen-bond donors (Lipinski definition) is 1. The smallest absolute Gasteiger partial charge is 0.496 e. The van der Waals surface area contributed by atoms with Crippen LogP contribution >= 0.6 is 11.6 Å². The van der Waals surface area contributed by atoms with Crippen LogP contribution in [0.25, 0.3) is 0 Å². The van der Waals surface area contributed by atoms with Crippen molar-refractivity contribution in [3.05, 3.63) is 52.5 Å². The van der Waals surface area contributed by atoms with E-state index in [1.165, 1.54) is 24.1 Å². The molecule has 1 fully saturated rings. The van der Waals surface area contributed by atoms with E-state index in [4.69, 9.17) is 22.1 Å². The molecule has 1 amide bonds. The summed E-state index contributed by atoms with van der Waals surface area (Å²) in [5.41, 5.74) is 7.70. The highest BCUT2D eigenvalue weighted by Crippen LogP contribution is 2.57. The zero-order chi connectivity index (χ0) is 21.0. The van der Waals surface area contributed by atoms with Crippen molar-refractivity contribution in [2.24, 2.45) is 5.73 Å². The molecule has 1 heterocycles. The van der Waals surface area contributed by atoms with Crippen molar-refractivity contribution in [3.63, 3.8) is 0 Å². The Morgan fingerprint density at radius 2 is 1.97 bits per heavy atom. The normalized spacial score (nSPS) is 17.8. The first-order valence-corrected chi connectivity index (χ1v) is 9.32. The molecule has 1 aliphatic heterocycles. The van der Waals surface area contributed by atoms with Crippen molar-refractivity contribution in [2.45, 2.75) is 30.7 Å². The van der Waals surface area contributed by atoms with Gasteiger partial charge in [0, 0.05) is 28.6 Å². The van der Waals surface area contributed by atoms with Gasteiger partial charge in [-0.05, 0) is 36.6 Å². The number of carbonyl (C=O) groups is 1. The van der Waals surface area contributed by atoms with Gasteiger partial charge in [0.15, 0.2) is 0 Å². The lowest BCUT2D eigenvalue weighted by atomic mass is 9.99. The lowest BCUT2D eigenvalue weighted by molar-refractivity contribution is -0.274. The predicted molar refractivity (Wildman–Crippen MR) is 101 cm³/mol. The fourth-order valence-corrected chi connectivity index (χ4v) is 4.03. The monoisotopic (exact) mass is 426 g/mol. The van der Waals surface area contributed by atoms with Crippen molar-refractivity contribution < 1.29 is 27.4 Å². The van der Waals surface area contributed by atoms with Crippen LogP contribution in [-0.2, 0) is 10.2 Å². The summed E-state index contributed by atoms with van der Waals surface area (Å²) in [6.45, 7) is 0.375. The molecule has 0 saturated heterocycles. The fraction of sp³-hybridized carbons (Fsp3) is 0.350. The first kappa shape index (κ1) is 19.8. The average molecular weight is 427 g/mol. The predicted octanol–water partition coefficient (Wildman–Crippen LogP) is 4.33. The Labute approximate surface area is 170 Å². The van der Waals surface area contributed by atoms with E-state index in [9.17, 15) is 18.0 Å². The maximum Gasteiger partial charge on any atom is 0.573 e. The number of methoxy groups -OCH3 is 1. The maximum atomic E-state index is 13.2. The number of hydrogen-bond acceptors (Lipinski definition) is 4. The SMILES string of the molecule is COc1cc(Cl)ccc1C(N)C(=O)N1CC2(CC2)c2ccc(OC(F)(F)F)cc21. The molecule has 2 aliphatic rings. The van der Waals surface area contributed by atoms with Crippen LogP contribution in [0, 0.1) is 0 Å². The quantitative estimate of drug-likeness (QED) is 0.790. The molecule has 1 saturated carbocycles. The highest BCUT2D eigenvalue weighted by atomic mass is 35.5. The number of nitrogens with two attached hydrogens (primary N) is 1. The third-order valence-corrected chi connectivity index (χ3v) is 5.68. The fourth-order valence-electron chi connectivity index (χ4n) is 3.87. The summed E-state index contributed by atoms with van der Waals surface area (Å²) in [5, 5.41) is 0.433. The number of halogens is 4. The van der Waals surface area contributed by atoms with Gasteiger partial charge in [-0.1, -0.05) is 23.7 Å². The molecule has 2 N–H and O–H groups in total. The Bertz CT molecular complexity index is 976. The van der Waals surface area contributed by atoms with Gasteiger partial charge in [0.2, 0.25) is 5.91 Å². The summed E-state index contributed by atoms with van der Waals surface area (Å²) in [4.78, 5) is 14.7. The Hall–Kier alpha value is -2.45. The number of amides is 1. The van der Waals surface area contributed by atoms with Gasteiger partial charge in [-0.15, -0.1) is 13.2 Å². The molecule has 4 rings (SSSR count). The number of alkyl halides is 3. The molecule has 9 heteroatoms. The largest absolute Gasteiger partial charge is 0.573 e. The Morgan fingerprint density at radius 3 is 2.59 bits per heavy atom. The topological polar surface area (TPSA) is 64.8 Å². The second kappa shape index (κ2) is 6.81. The van der Waals surface area contributed by atoms with E-state index in [0.29, 0.717) is 28.6 Å². The summed E-state index contributed by atoms with van der Waals surface area (Å²) in [6, 6.07) is 7.84. The van der Waals surface area contributed by atoms with Gasteiger partial charge in [-0.25, -0.2) is 0 Å². The molecular weight excluding hydrogens is 409 g/mol. The summed E-state index contributed by atoms with van der Waals surface area (Å²) in [5.74, 6) is -0.433. The highest BCUT2D eigenvalue weighted by Gasteiger charge is 2.53. The van der Waals surface area contributed by atoms with Crippen LogP contribution in [0.4, 0.5) is 18.9 Å². The molecule has 29 heavy (non-hydrogen) atoms. The van der Waals surface area contributed by atoms with Crippen molar-refractivity contribution in [1.29, 1.82) is 0 Å². The molecule has 2 aromatic rings. The summed E-state index contributed by atoms with van der Waals surface area (Å²) in [6.07, 6.45) is -3.09. The zero-order valence-electron chi connectivity index (χ0n) is 15.4. The Kier molecular flexibility index (Phi) is 4.66. The molecule has 0 aromatic heterocycles. The van der Waals surface area contributed by atoms with Gasteiger partial charge in [-0.2, -0.15) is 0 Å². The van der Waals surface area contributed by atoms with Gasteiger partial charge >= 0.3 is 6.36 Å². The second-order valence-electron chi connectivity index (χ2n) is 7.30. The molecule has 1 aliphatic carbocycles. The van der Waals surface area contributed by atoms with Crippen molar-refractivity contribution in [1.82, 2.24) is 0 Å². The van der Waals surface area contributed by atoms with Crippen molar-refractivity contribution in [2.75, 3.05) is 18.6 Å². The van der Waals surface area contributed by atoms with E-state index >= 15 is 0 Å². The van der Waals surface area contributed by atoms with Crippen LogP contribution in [-0.4, -0.2) is 25.9 Å². The van der Waals surface area contributed by atoms with Crippen LogP contribution in [0.3, 0.4) is 0 Å². The highest BCUT2D eigenvalue weighted by molar-refractivity contribution is 6.30. The van der Waals surface area contributed by atoms with Crippen molar-refractivity contribution in [3.8, 4) is 11.5 Å². The van der Waals surface area contributed by atoms with Gasteiger partial charge in [0.1, 0.15) is 17.5 Å². The molecule has 1 spiro atoms. The average Bonchev–Trinajstić information content (AvgIpc) is 3.36. The summed E-state index contributed by atoms with van der Waals surface area (Å²) < 4.78 is 47.2. The minimum atomic E-state index is -4.81. The third-order valence-electron chi connectivity index (χ3n) is 5.44. The number of benzene rings is 2. The van der Waals surface area contributed by atoms with Crippen LogP contribution in [0.1, 0.15) is 30.0 Å². The van der Waals surface area contributed by atoms with E-state index in [1.54, 1.807) is 24.3 Å². The lowest BCUT2D eigenvalue weighted by Crippen LogP contribution is -2.39. The first-order valence-electron chi connectivity index (χ1n) is 8.94. The van der Waals surface area contributed by atoms with Gasteiger partial charge < -0.3 is 20.1 Å². The number of anilines is 1. The molecule has 0 radical (unpaired) electrons. The minimum Gasteiger partial charge on any atom is -0.496 e. The molecule has 154 valence electrons. The minimum absolute atomic E-state index is 0.217. The molecular formula is C20H18ClF3N2O3. The second-order valence-corrected chi connectivity index (χ2v) is 7.73. The van der Waals surface area contributed by atoms with E-state index in [0.717, 1.165) is 18.4 Å². The Balaban J connectivity index is 1.68. The number of ether oxygens (including phenoxy) is 2. The standard InChI is InChI=1S/C20H18ClF3N2O3/c1-28-16-8-11(21)2-4-13(16)17(25)18(27)26-10-19(6-7-19)14-5-3-12(9-15(14)26)29-20(22,23)24/h2-5,8-9,17H,6-7,10,25H2,1H3. The molecule has 2 aromatic carbocycles. The third kappa shape index (κ3) is 3.62.